The molecule has 0 amide bonds. The minimum atomic E-state index is -0.421. The second-order valence-corrected chi connectivity index (χ2v) is 2.03. The standard InChI is InChI=1S/C6H9NO.Na/c1-5(2)6(3-7)4-8;/h4-6H,1-2H3;. The van der Waals surface area contributed by atoms with Crippen molar-refractivity contribution in [3.8, 4) is 6.07 Å². The predicted octanol–water partition coefficient (Wildman–Crippen LogP) is 0.600. The van der Waals surface area contributed by atoms with Gasteiger partial charge in [0.05, 0.1) is 6.07 Å². The molecule has 0 aromatic carbocycles. The van der Waals surface area contributed by atoms with Crippen molar-refractivity contribution in [1.82, 2.24) is 0 Å². The van der Waals surface area contributed by atoms with Gasteiger partial charge in [0.2, 0.25) is 0 Å². The molecule has 0 fully saturated rings. The summed E-state index contributed by atoms with van der Waals surface area (Å²) in [5, 5.41) is 8.22. The smallest absolute Gasteiger partial charge is 0.137 e. The Labute approximate surface area is 77.5 Å². The zero-order chi connectivity index (χ0) is 6.57. The molecule has 0 aromatic rings. The van der Waals surface area contributed by atoms with Gasteiger partial charge in [0.1, 0.15) is 12.2 Å². The van der Waals surface area contributed by atoms with Crippen molar-refractivity contribution in [2.45, 2.75) is 13.8 Å². The topological polar surface area (TPSA) is 40.9 Å². The third kappa shape index (κ3) is 4.65. The Balaban J connectivity index is 0. The van der Waals surface area contributed by atoms with E-state index in [0.717, 1.165) is 0 Å². The molecule has 3 heteroatoms. The van der Waals surface area contributed by atoms with Gasteiger partial charge >= 0.3 is 0 Å². The summed E-state index contributed by atoms with van der Waals surface area (Å²) in [7, 11) is 0. The van der Waals surface area contributed by atoms with Gasteiger partial charge < -0.3 is 4.79 Å². The number of rotatable bonds is 2. The van der Waals surface area contributed by atoms with Gasteiger partial charge in [-0.05, 0) is 5.92 Å². The molecule has 0 saturated heterocycles. The largest absolute Gasteiger partial charge is 0.302 e. The summed E-state index contributed by atoms with van der Waals surface area (Å²) < 4.78 is 0. The molecule has 0 saturated carbocycles. The van der Waals surface area contributed by atoms with Gasteiger partial charge in [-0.2, -0.15) is 5.26 Å². The quantitative estimate of drug-likeness (QED) is 0.410. The van der Waals surface area contributed by atoms with E-state index in [0.29, 0.717) is 6.29 Å². The molecular formula is C6H9NNaO. The maximum absolute atomic E-state index is 9.96. The van der Waals surface area contributed by atoms with Crippen LogP contribution < -0.4 is 0 Å². The Hall–Kier alpha value is 0.160. The van der Waals surface area contributed by atoms with Gasteiger partial charge in [-0.15, -0.1) is 0 Å². The van der Waals surface area contributed by atoms with E-state index in [9.17, 15) is 4.79 Å². The summed E-state index contributed by atoms with van der Waals surface area (Å²) in [5.41, 5.74) is 0. The maximum Gasteiger partial charge on any atom is 0.137 e. The fourth-order valence-electron chi connectivity index (χ4n) is 0.337. The molecule has 1 unspecified atom stereocenters. The van der Waals surface area contributed by atoms with Crippen LogP contribution in [-0.2, 0) is 4.79 Å². The van der Waals surface area contributed by atoms with Crippen LogP contribution in [0.25, 0.3) is 0 Å². The minimum Gasteiger partial charge on any atom is -0.302 e. The van der Waals surface area contributed by atoms with Gasteiger partial charge in [-0.25, -0.2) is 0 Å². The first-order chi connectivity index (χ1) is 3.72. The number of nitriles is 1. The Morgan fingerprint density at radius 3 is 2.00 bits per heavy atom. The van der Waals surface area contributed by atoms with E-state index in [1.807, 2.05) is 19.9 Å². The fraction of sp³-hybridized carbons (Fsp3) is 0.667. The van der Waals surface area contributed by atoms with Crippen LogP contribution in [-0.4, -0.2) is 35.8 Å². The van der Waals surface area contributed by atoms with Crippen LogP contribution in [0.5, 0.6) is 0 Å². The normalized spacial score (nSPS) is 11.3. The summed E-state index contributed by atoms with van der Waals surface area (Å²) in [4.78, 5) is 9.96. The molecule has 0 heterocycles. The third-order valence-corrected chi connectivity index (χ3v) is 1.01. The van der Waals surface area contributed by atoms with Crippen molar-refractivity contribution in [1.29, 1.82) is 5.26 Å². The average molecular weight is 134 g/mol. The molecule has 0 aliphatic carbocycles. The summed E-state index contributed by atoms with van der Waals surface area (Å²) >= 11 is 0. The molecule has 0 aliphatic heterocycles. The Morgan fingerprint density at radius 1 is 1.56 bits per heavy atom. The van der Waals surface area contributed by atoms with E-state index in [-0.39, 0.29) is 35.5 Å². The zero-order valence-corrected chi connectivity index (χ0v) is 8.09. The summed E-state index contributed by atoms with van der Waals surface area (Å²) in [6.45, 7) is 3.70. The van der Waals surface area contributed by atoms with E-state index in [1.54, 1.807) is 0 Å². The number of nitrogens with zero attached hydrogens (tertiary/aromatic N) is 1. The number of hydrogen-bond donors (Lipinski definition) is 0. The number of carbonyl (C=O) groups excluding carboxylic acids is 1. The molecule has 0 aliphatic rings. The van der Waals surface area contributed by atoms with Gasteiger partial charge in [0, 0.05) is 29.6 Å². The first-order valence-electron chi connectivity index (χ1n) is 2.57. The fourth-order valence-corrected chi connectivity index (χ4v) is 0.337. The molecule has 0 bridgehead atoms. The molecule has 0 aromatic heterocycles. The van der Waals surface area contributed by atoms with Crippen molar-refractivity contribution in [2.75, 3.05) is 0 Å². The van der Waals surface area contributed by atoms with E-state index in [4.69, 9.17) is 5.26 Å². The number of carbonyl (C=O) groups is 1. The van der Waals surface area contributed by atoms with Crippen LogP contribution in [0.4, 0.5) is 0 Å². The Morgan fingerprint density at radius 2 is 2.00 bits per heavy atom. The van der Waals surface area contributed by atoms with Crippen LogP contribution in [0.1, 0.15) is 13.8 Å². The Bertz CT molecular complexity index is 117. The Kier molecular flexibility index (Phi) is 8.31. The number of hydrogen-bond acceptors (Lipinski definition) is 2. The van der Waals surface area contributed by atoms with Crippen molar-refractivity contribution < 1.29 is 4.79 Å². The van der Waals surface area contributed by atoms with Crippen LogP contribution in [0, 0.1) is 23.2 Å². The number of aldehydes is 1. The minimum absolute atomic E-state index is 0. The molecule has 2 nitrogen and oxygen atoms in total. The second-order valence-electron chi connectivity index (χ2n) is 2.03. The second kappa shape index (κ2) is 6.28. The molecule has 45 valence electrons. The molecule has 0 N–H and O–H groups in total. The van der Waals surface area contributed by atoms with Gasteiger partial charge in [0.25, 0.3) is 0 Å². The summed E-state index contributed by atoms with van der Waals surface area (Å²) in [5.74, 6) is -0.271. The predicted molar refractivity (Wildman–Crippen MR) is 35.8 cm³/mol. The van der Waals surface area contributed by atoms with Gasteiger partial charge in [-0.1, -0.05) is 13.8 Å². The molecular weight excluding hydrogens is 125 g/mol. The van der Waals surface area contributed by atoms with Crippen molar-refractivity contribution in [3.63, 3.8) is 0 Å². The molecule has 1 radical (unpaired) electrons. The van der Waals surface area contributed by atoms with Crippen LogP contribution in [0.2, 0.25) is 0 Å². The van der Waals surface area contributed by atoms with Crippen LogP contribution in [0.3, 0.4) is 0 Å². The third-order valence-electron chi connectivity index (χ3n) is 1.01. The van der Waals surface area contributed by atoms with Crippen molar-refractivity contribution >= 4 is 35.8 Å². The molecule has 1 atom stereocenters. The maximum atomic E-state index is 9.96. The van der Waals surface area contributed by atoms with Gasteiger partial charge in [-0.3, -0.25) is 0 Å². The zero-order valence-electron chi connectivity index (χ0n) is 6.09. The average Bonchev–Trinajstić information content (AvgIpc) is 1.69. The summed E-state index contributed by atoms with van der Waals surface area (Å²) in [6.07, 6.45) is 0.685. The van der Waals surface area contributed by atoms with E-state index in [1.165, 1.54) is 0 Å². The monoisotopic (exact) mass is 134 g/mol. The van der Waals surface area contributed by atoms with E-state index < -0.39 is 5.92 Å². The van der Waals surface area contributed by atoms with E-state index >= 15 is 0 Å². The first kappa shape index (κ1) is 11.9. The molecule has 9 heavy (non-hydrogen) atoms. The first-order valence-corrected chi connectivity index (χ1v) is 2.57. The summed E-state index contributed by atoms with van der Waals surface area (Å²) in [6, 6.07) is 1.88. The van der Waals surface area contributed by atoms with Crippen LogP contribution in [0.15, 0.2) is 0 Å². The van der Waals surface area contributed by atoms with Crippen molar-refractivity contribution in [3.05, 3.63) is 0 Å². The molecule has 0 rings (SSSR count). The van der Waals surface area contributed by atoms with Crippen molar-refractivity contribution in [2.24, 2.45) is 11.8 Å². The SMILES string of the molecule is CC(C)C(C#N)C=O.[Na]. The molecule has 0 spiro atoms. The van der Waals surface area contributed by atoms with Gasteiger partial charge in [0.15, 0.2) is 0 Å². The van der Waals surface area contributed by atoms with E-state index in [2.05, 4.69) is 0 Å². The van der Waals surface area contributed by atoms with Crippen LogP contribution >= 0.6 is 0 Å².